The Kier molecular flexibility index (Phi) is 6.51. The zero-order chi connectivity index (χ0) is 19.9. The monoisotopic (exact) mass is 399 g/mol. The minimum Gasteiger partial charge on any atom is -0.447 e. The fraction of sp³-hybridized carbons (Fsp3) is 0.263. The molecule has 8 nitrogen and oxygen atoms in total. The van der Waals surface area contributed by atoms with Crippen molar-refractivity contribution in [3.63, 3.8) is 0 Å². The van der Waals surface area contributed by atoms with Crippen LogP contribution in [0.25, 0.3) is 10.6 Å². The number of aromatic nitrogens is 3. The molecule has 0 aliphatic carbocycles. The highest BCUT2D eigenvalue weighted by molar-refractivity contribution is 7.15. The molecule has 2 N–H and O–H groups in total. The van der Waals surface area contributed by atoms with E-state index in [-0.39, 0.29) is 6.61 Å². The van der Waals surface area contributed by atoms with Gasteiger partial charge < -0.3 is 14.8 Å². The van der Waals surface area contributed by atoms with E-state index in [4.69, 9.17) is 9.47 Å². The summed E-state index contributed by atoms with van der Waals surface area (Å²) < 4.78 is 9.80. The van der Waals surface area contributed by atoms with Gasteiger partial charge in [0.1, 0.15) is 6.61 Å². The maximum Gasteiger partial charge on any atom is 0.411 e. The first-order valence-electron chi connectivity index (χ1n) is 8.62. The molecule has 0 spiro atoms. The van der Waals surface area contributed by atoms with Gasteiger partial charge in [-0.05, 0) is 44.2 Å². The maximum absolute atomic E-state index is 11.6. The summed E-state index contributed by atoms with van der Waals surface area (Å²) >= 11 is 1.61. The van der Waals surface area contributed by atoms with Gasteiger partial charge in [0, 0.05) is 24.7 Å². The molecule has 0 radical (unpaired) electrons. The van der Waals surface area contributed by atoms with Crippen molar-refractivity contribution in [2.75, 3.05) is 31.0 Å². The molecule has 2 heterocycles. The zero-order valence-corrected chi connectivity index (χ0v) is 16.7. The van der Waals surface area contributed by atoms with E-state index in [0.717, 1.165) is 27.0 Å². The summed E-state index contributed by atoms with van der Waals surface area (Å²) in [7, 11) is 1.55. The van der Waals surface area contributed by atoms with Crippen molar-refractivity contribution in [1.82, 2.24) is 15.0 Å². The van der Waals surface area contributed by atoms with E-state index < -0.39 is 6.09 Å². The largest absolute Gasteiger partial charge is 0.447 e. The fourth-order valence-electron chi connectivity index (χ4n) is 2.45. The van der Waals surface area contributed by atoms with Gasteiger partial charge in [-0.25, -0.2) is 19.7 Å². The third-order valence-corrected chi connectivity index (χ3v) is 4.80. The molecule has 1 amide bonds. The third-order valence-electron chi connectivity index (χ3n) is 3.70. The second-order valence-electron chi connectivity index (χ2n) is 5.87. The molecule has 3 rings (SSSR count). The normalized spacial score (nSPS) is 10.5. The van der Waals surface area contributed by atoms with Crippen molar-refractivity contribution in [3.05, 3.63) is 47.2 Å². The molecule has 0 bridgehead atoms. The lowest BCUT2D eigenvalue weighted by atomic mass is 10.3. The quantitative estimate of drug-likeness (QED) is 0.576. The molecule has 0 saturated carbocycles. The number of rotatable bonds is 7. The second kappa shape index (κ2) is 9.25. The van der Waals surface area contributed by atoms with Crippen molar-refractivity contribution in [2.45, 2.75) is 13.8 Å². The van der Waals surface area contributed by atoms with Gasteiger partial charge in [0.25, 0.3) is 0 Å². The van der Waals surface area contributed by atoms with E-state index in [1.807, 2.05) is 32.0 Å². The number of hydrogen-bond acceptors (Lipinski definition) is 8. The van der Waals surface area contributed by atoms with E-state index in [1.165, 1.54) is 0 Å². The number of methoxy groups -OCH3 is 1. The van der Waals surface area contributed by atoms with Crippen LogP contribution in [0.1, 0.15) is 10.7 Å². The van der Waals surface area contributed by atoms with Gasteiger partial charge in [-0.3, -0.25) is 5.32 Å². The van der Waals surface area contributed by atoms with Gasteiger partial charge in [-0.2, -0.15) is 0 Å². The molecule has 0 aliphatic rings. The van der Waals surface area contributed by atoms with Gasteiger partial charge in [0.2, 0.25) is 5.95 Å². The van der Waals surface area contributed by atoms with Crippen molar-refractivity contribution in [3.8, 4) is 10.6 Å². The number of anilines is 3. The first kappa shape index (κ1) is 19.7. The van der Waals surface area contributed by atoms with Gasteiger partial charge >= 0.3 is 6.09 Å². The standard InChI is InChI=1S/C19H21N5O3S/c1-12-17(28-13(2)21-12)16-8-9-20-18(24-16)22-14-4-6-15(7-5-14)23-19(25)27-11-10-26-3/h4-9H,10-11H2,1-3H3,(H,23,25)(H,20,22,24). The Balaban J connectivity index is 1.63. The molecular formula is C19H21N5O3S. The number of carbonyl (C=O) groups excluding carboxylic acids is 1. The fourth-order valence-corrected chi connectivity index (χ4v) is 3.34. The molecule has 0 aliphatic heterocycles. The number of aryl methyl sites for hydroxylation is 2. The van der Waals surface area contributed by atoms with E-state index in [9.17, 15) is 4.79 Å². The van der Waals surface area contributed by atoms with Crippen LogP contribution in [0.5, 0.6) is 0 Å². The third kappa shape index (κ3) is 5.24. The van der Waals surface area contributed by atoms with Crippen LogP contribution in [0.4, 0.5) is 22.1 Å². The lowest BCUT2D eigenvalue weighted by Gasteiger charge is -2.09. The summed E-state index contributed by atoms with van der Waals surface area (Å²) in [5.41, 5.74) is 3.21. The summed E-state index contributed by atoms with van der Waals surface area (Å²) in [4.78, 5) is 26.0. The first-order valence-corrected chi connectivity index (χ1v) is 9.44. The molecule has 28 heavy (non-hydrogen) atoms. The summed E-state index contributed by atoms with van der Waals surface area (Å²) in [6.07, 6.45) is 1.19. The number of hydrogen-bond donors (Lipinski definition) is 2. The number of benzene rings is 1. The Labute approximate surface area is 167 Å². The average molecular weight is 399 g/mol. The van der Waals surface area contributed by atoms with Crippen LogP contribution in [-0.4, -0.2) is 41.4 Å². The number of amides is 1. The molecule has 1 aromatic carbocycles. The van der Waals surface area contributed by atoms with Crippen LogP contribution >= 0.6 is 11.3 Å². The van der Waals surface area contributed by atoms with Crippen molar-refractivity contribution in [1.29, 1.82) is 0 Å². The van der Waals surface area contributed by atoms with Crippen molar-refractivity contribution >= 4 is 34.8 Å². The summed E-state index contributed by atoms with van der Waals surface area (Å²) in [6.45, 7) is 4.51. The molecule has 0 fully saturated rings. The highest BCUT2D eigenvalue weighted by Gasteiger charge is 2.10. The first-order chi connectivity index (χ1) is 13.5. The Morgan fingerprint density at radius 3 is 2.50 bits per heavy atom. The van der Waals surface area contributed by atoms with Gasteiger partial charge in [-0.1, -0.05) is 0 Å². The molecule has 9 heteroatoms. The maximum atomic E-state index is 11.6. The molecular weight excluding hydrogens is 378 g/mol. The Hall–Kier alpha value is -3.04. The van der Waals surface area contributed by atoms with E-state index in [2.05, 4.69) is 25.6 Å². The summed E-state index contributed by atoms with van der Waals surface area (Å²) in [5.74, 6) is 0.489. The van der Waals surface area contributed by atoms with Crippen LogP contribution in [0, 0.1) is 13.8 Å². The molecule has 2 aromatic heterocycles. The van der Waals surface area contributed by atoms with Gasteiger partial charge in [-0.15, -0.1) is 11.3 Å². The topological polar surface area (TPSA) is 98.3 Å². The molecule has 146 valence electrons. The van der Waals surface area contributed by atoms with Gasteiger partial charge in [0.15, 0.2) is 0 Å². The highest BCUT2D eigenvalue weighted by atomic mass is 32.1. The predicted octanol–water partition coefficient (Wildman–Crippen LogP) is 4.16. The van der Waals surface area contributed by atoms with E-state index >= 15 is 0 Å². The van der Waals surface area contributed by atoms with Crippen LogP contribution in [0.15, 0.2) is 36.5 Å². The number of nitrogens with zero attached hydrogens (tertiary/aromatic N) is 3. The second-order valence-corrected chi connectivity index (χ2v) is 7.07. The number of carbonyl (C=O) groups is 1. The van der Waals surface area contributed by atoms with Crippen molar-refractivity contribution < 1.29 is 14.3 Å². The summed E-state index contributed by atoms with van der Waals surface area (Å²) in [6, 6.07) is 9.04. The zero-order valence-electron chi connectivity index (χ0n) is 15.9. The lowest BCUT2D eigenvalue weighted by Crippen LogP contribution is -2.16. The molecule has 0 saturated heterocycles. The SMILES string of the molecule is COCCOC(=O)Nc1ccc(Nc2nccc(-c3sc(C)nc3C)n2)cc1. The predicted molar refractivity (Wildman–Crippen MR) is 109 cm³/mol. The van der Waals surface area contributed by atoms with Crippen LogP contribution in [-0.2, 0) is 9.47 Å². The van der Waals surface area contributed by atoms with Crippen LogP contribution in [0.2, 0.25) is 0 Å². The smallest absolute Gasteiger partial charge is 0.411 e. The molecule has 0 unspecified atom stereocenters. The lowest BCUT2D eigenvalue weighted by molar-refractivity contribution is 0.107. The summed E-state index contributed by atoms with van der Waals surface area (Å²) in [5, 5.41) is 6.82. The van der Waals surface area contributed by atoms with E-state index in [0.29, 0.717) is 18.2 Å². The Bertz CT molecular complexity index is 943. The van der Waals surface area contributed by atoms with Crippen LogP contribution in [0.3, 0.4) is 0 Å². The molecule has 0 atom stereocenters. The molecule has 3 aromatic rings. The van der Waals surface area contributed by atoms with Gasteiger partial charge in [0.05, 0.1) is 27.9 Å². The number of nitrogens with one attached hydrogen (secondary N) is 2. The van der Waals surface area contributed by atoms with Crippen molar-refractivity contribution in [2.24, 2.45) is 0 Å². The highest BCUT2D eigenvalue weighted by Crippen LogP contribution is 2.28. The minimum absolute atomic E-state index is 0.203. The minimum atomic E-state index is -0.524. The van der Waals surface area contributed by atoms with Crippen LogP contribution < -0.4 is 10.6 Å². The average Bonchev–Trinajstić information content (AvgIpc) is 3.02. The Morgan fingerprint density at radius 2 is 1.82 bits per heavy atom. The number of ether oxygens (including phenoxy) is 2. The number of thiazole rings is 1. The van der Waals surface area contributed by atoms with E-state index in [1.54, 1.807) is 36.8 Å². The Morgan fingerprint density at radius 1 is 1.07 bits per heavy atom.